The molecule has 6 heteroatoms. The zero-order valence-corrected chi connectivity index (χ0v) is 9.65. The summed E-state index contributed by atoms with van der Waals surface area (Å²) in [6, 6.07) is 5.47. The third-order valence-electron chi connectivity index (χ3n) is 2.02. The Labute approximate surface area is 98.5 Å². The lowest BCUT2D eigenvalue weighted by Crippen LogP contribution is -2.07. The normalized spacial score (nSPS) is 10.4. The third kappa shape index (κ3) is 2.93. The third-order valence-corrected chi connectivity index (χ3v) is 2.23. The molecule has 0 aliphatic rings. The Hall–Kier alpha value is -1.62. The highest BCUT2D eigenvalue weighted by Gasteiger charge is 1.99. The molecule has 2 heterocycles. The van der Waals surface area contributed by atoms with E-state index < -0.39 is 0 Å². The number of pyridine rings is 1. The van der Waals surface area contributed by atoms with E-state index in [4.69, 9.17) is 11.6 Å². The van der Waals surface area contributed by atoms with Crippen LogP contribution in [0.3, 0.4) is 0 Å². The van der Waals surface area contributed by atoms with Crippen LogP contribution in [-0.4, -0.2) is 26.3 Å². The van der Waals surface area contributed by atoms with E-state index in [2.05, 4.69) is 20.4 Å². The van der Waals surface area contributed by atoms with Crippen molar-refractivity contribution in [2.24, 2.45) is 7.05 Å². The fraction of sp³-hybridized carbons (Fsp3) is 0.300. The maximum absolute atomic E-state index is 5.76. The fourth-order valence-corrected chi connectivity index (χ4v) is 1.47. The van der Waals surface area contributed by atoms with E-state index in [0.717, 1.165) is 24.6 Å². The quantitative estimate of drug-likeness (QED) is 0.820. The van der Waals surface area contributed by atoms with E-state index in [0.29, 0.717) is 5.15 Å². The standard InChI is InChI=1S/C10H12ClN5/c1-16-7-13-10(15-16)5-6-12-9-4-2-3-8(11)14-9/h2-4,7H,5-6H2,1H3,(H,12,14). The summed E-state index contributed by atoms with van der Waals surface area (Å²) in [7, 11) is 1.85. The van der Waals surface area contributed by atoms with E-state index >= 15 is 0 Å². The Morgan fingerprint density at radius 1 is 1.44 bits per heavy atom. The predicted octanol–water partition coefficient (Wildman–Crippen LogP) is 1.52. The van der Waals surface area contributed by atoms with E-state index in [1.54, 1.807) is 17.1 Å². The van der Waals surface area contributed by atoms with Crippen molar-refractivity contribution in [3.05, 3.63) is 35.5 Å². The fourth-order valence-electron chi connectivity index (χ4n) is 1.31. The van der Waals surface area contributed by atoms with Crippen molar-refractivity contribution >= 4 is 17.4 Å². The van der Waals surface area contributed by atoms with Crippen LogP contribution in [0.5, 0.6) is 0 Å². The van der Waals surface area contributed by atoms with Gasteiger partial charge in [-0.1, -0.05) is 17.7 Å². The van der Waals surface area contributed by atoms with Gasteiger partial charge in [0.05, 0.1) is 0 Å². The number of anilines is 1. The minimum atomic E-state index is 0.487. The van der Waals surface area contributed by atoms with Gasteiger partial charge in [0, 0.05) is 20.0 Å². The molecule has 0 aromatic carbocycles. The van der Waals surface area contributed by atoms with E-state index in [1.165, 1.54) is 0 Å². The molecule has 2 rings (SSSR count). The zero-order valence-electron chi connectivity index (χ0n) is 8.89. The lowest BCUT2D eigenvalue weighted by Gasteiger charge is -2.03. The molecule has 0 spiro atoms. The summed E-state index contributed by atoms with van der Waals surface area (Å²) in [5.74, 6) is 1.58. The number of hydrogen-bond donors (Lipinski definition) is 1. The number of hydrogen-bond acceptors (Lipinski definition) is 4. The minimum absolute atomic E-state index is 0.487. The molecule has 5 nitrogen and oxygen atoms in total. The first-order valence-electron chi connectivity index (χ1n) is 4.95. The smallest absolute Gasteiger partial charge is 0.152 e. The maximum atomic E-state index is 5.76. The highest BCUT2D eigenvalue weighted by Crippen LogP contribution is 2.08. The average Bonchev–Trinajstić information content (AvgIpc) is 2.64. The largest absolute Gasteiger partial charge is 0.370 e. The molecule has 0 fully saturated rings. The lowest BCUT2D eigenvalue weighted by molar-refractivity contribution is 0.742. The van der Waals surface area contributed by atoms with Crippen LogP contribution in [0, 0.1) is 0 Å². The van der Waals surface area contributed by atoms with Gasteiger partial charge in [0.1, 0.15) is 17.3 Å². The second-order valence-electron chi connectivity index (χ2n) is 3.36. The summed E-state index contributed by atoms with van der Waals surface area (Å²) in [4.78, 5) is 8.25. The van der Waals surface area contributed by atoms with Gasteiger partial charge in [-0.05, 0) is 12.1 Å². The van der Waals surface area contributed by atoms with Crippen molar-refractivity contribution in [2.45, 2.75) is 6.42 Å². The van der Waals surface area contributed by atoms with Crippen LogP contribution in [0.25, 0.3) is 0 Å². The topological polar surface area (TPSA) is 55.6 Å². The summed E-state index contributed by atoms with van der Waals surface area (Å²) >= 11 is 5.76. The number of nitrogens with one attached hydrogen (secondary N) is 1. The van der Waals surface area contributed by atoms with Gasteiger partial charge in [-0.15, -0.1) is 0 Å². The molecular formula is C10H12ClN5. The van der Waals surface area contributed by atoms with Crippen molar-refractivity contribution in [3.8, 4) is 0 Å². The van der Waals surface area contributed by atoms with Crippen LogP contribution in [0.1, 0.15) is 5.82 Å². The van der Waals surface area contributed by atoms with Gasteiger partial charge in [-0.2, -0.15) is 5.10 Å². The molecule has 0 radical (unpaired) electrons. The van der Waals surface area contributed by atoms with Crippen LogP contribution in [0.2, 0.25) is 5.15 Å². The summed E-state index contributed by atoms with van der Waals surface area (Å²) in [6.07, 6.45) is 2.45. The van der Waals surface area contributed by atoms with Crippen LogP contribution >= 0.6 is 11.6 Å². The molecular weight excluding hydrogens is 226 g/mol. The molecule has 1 N–H and O–H groups in total. The second kappa shape index (κ2) is 4.94. The van der Waals surface area contributed by atoms with Gasteiger partial charge in [0.2, 0.25) is 0 Å². The first kappa shape index (κ1) is 10.9. The van der Waals surface area contributed by atoms with Gasteiger partial charge in [-0.25, -0.2) is 9.97 Å². The number of nitrogens with zero attached hydrogens (tertiary/aromatic N) is 4. The predicted molar refractivity (Wildman–Crippen MR) is 62.4 cm³/mol. The number of aryl methyl sites for hydroxylation is 1. The Morgan fingerprint density at radius 2 is 2.31 bits per heavy atom. The molecule has 84 valence electrons. The van der Waals surface area contributed by atoms with Gasteiger partial charge in [-0.3, -0.25) is 4.68 Å². The summed E-state index contributed by atoms with van der Waals surface area (Å²) in [6.45, 7) is 0.733. The van der Waals surface area contributed by atoms with E-state index in [1.807, 2.05) is 19.2 Å². The van der Waals surface area contributed by atoms with Crippen molar-refractivity contribution < 1.29 is 0 Å². The van der Waals surface area contributed by atoms with Crippen LogP contribution in [0.15, 0.2) is 24.5 Å². The summed E-state index contributed by atoms with van der Waals surface area (Å²) < 4.78 is 1.69. The monoisotopic (exact) mass is 237 g/mol. The zero-order chi connectivity index (χ0) is 11.4. The Morgan fingerprint density at radius 3 is 3.00 bits per heavy atom. The van der Waals surface area contributed by atoms with E-state index in [-0.39, 0.29) is 0 Å². The minimum Gasteiger partial charge on any atom is -0.370 e. The summed E-state index contributed by atoms with van der Waals surface area (Å²) in [5.41, 5.74) is 0. The molecule has 0 bridgehead atoms. The van der Waals surface area contributed by atoms with Crippen molar-refractivity contribution in [1.29, 1.82) is 0 Å². The number of rotatable bonds is 4. The number of halogens is 1. The first-order valence-corrected chi connectivity index (χ1v) is 5.33. The van der Waals surface area contributed by atoms with Gasteiger partial charge < -0.3 is 5.32 Å². The maximum Gasteiger partial charge on any atom is 0.152 e. The summed E-state index contributed by atoms with van der Waals surface area (Å²) in [5, 5.41) is 7.82. The lowest BCUT2D eigenvalue weighted by atomic mass is 10.4. The second-order valence-corrected chi connectivity index (χ2v) is 3.74. The van der Waals surface area contributed by atoms with Gasteiger partial charge >= 0.3 is 0 Å². The average molecular weight is 238 g/mol. The molecule has 0 aliphatic heterocycles. The number of aromatic nitrogens is 4. The van der Waals surface area contributed by atoms with Crippen molar-refractivity contribution in [3.63, 3.8) is 0 Å². The highest BCUT2D eigenvalue weighted by molar-refractivity contribution is 6.29. The van der Waals surface area contributed by atoms with Crippen LogP contribution < -0.4 is 5.32 Å². The molecule has 0 unspecified atom stereocenters. The Kier molecular flexibility index (Phi) is 3.36. The molecule has 2 aromatic heterocycles. The highest BCUT2D eigenvalue weighted by atomic mass is 35.5. The molecule has 0 atom stereocenters. The molecule has 0 saturated carbocycles. The molecule has 2 aromatic rings. The molecule has 0 saturated heterocycles. The molecule has 0 amide bonds. The Balaban J connectivity index is 1.84. The molecule has 16 heavy (non-hydrogen) atoms. The molecule has 0 aliphatic carbocycles. The first-order chi connectivity index (χ1) is 7.74. The van der Waals surface area contributed by atoms with Crippen LogP contribution in [-0.2, 0) is 13.5 Å². The van der Waals surface area contributed by atoms with Crippen LogP contribution in [0.4, 0.5) is 5.82 Å². The van der Waals surface area contributed by atoms with E-state index in [9.17, 15) is 0 Å². The SMILES string of the molecule is Cn1cnc(CCNc2cccc(Cl)n2)n1. The Bertz CT molecular complexity index is 468. The van der Waals surface area contributed by atoms with Gasteiger partial charge in [0.25, 0.3) is 0 Å². The van der Waals surface area contributed by atoms with Gasteiger partial charge in [0.15, 0.2) is 5.82 Å². The van der Waals surface area contributed by atoms with Crippen molar-refractivity contribution in [2.75, 3.05) is 11.9 Å². The van der Waals surface area contributed by atoms with Crippen molar-refractivity contribution in [1.82, 2.24) is 19.7 Å².